The van der Waals surface area contributed by atoms with Crippen molar-refractivity contribution in [2.45, 2.75) is 31.1 Å². The molecule has 1 aliphatic rings. The monoisotopic (exact) mass is 389 g/mol. The van der Waals surface area contributed by atoms with Gasteiger partial charge in [-0.2, -0.15) is 0 Å². The number of nitrogens with zero attached hydrogens (tertiary/aromatic N) is 4. The van der Waals surface area contributed by atoms with Crippen molar-refractivity contribution >= 4 is 17.0 Å². The van der Waals surface area contributed by atoms with Crippen molar-refractivity contribution in [1.82, 2.24) is 19.5 Å². The molecule has 4 rings (SSSR count). The maximum atomic E-state index is 10.2. The molecule has 6 N–H and O–H groups in total. The lowest BCUT2D eigenvalue weighted by atomic mass is 10.1. The normalized spacial score (nSPS) is 24.7. The summed E-state index contributed by atoms with van der Waals surface area (Å²) >= 11 is 0. The van der Waals surface area contributed by atoms with Crippen LogP contribution in [-0.4, -0.2) is 70.0 Å². The largest absolute Gasteiger partial charge is 0.504 e. The van der Waals surface area contributed by atoms with Crippen molar-refractivity contribution < 1.29 is 30.3 Å². The van der Waals surface area contributed by atoms with Gasteiger partial charge in [-0.05, 0) is 17.7 Å². The molecule has 1 aliphatic heterocycles. The number of aromatic hydroxyl groups is 2. The first-order valence-electron chi connectivity index (χ1n) is 8.54. The van der Waals surface area contributed by atoms with Gasteiger partial charge >= 0.3 is 0 Å². The minimum atomic E-state index is -1.25. The van der Waals surface area contributed by atoms with Crippen LogP contribution < -0.4 is 5.32 Å². The van der Waals surface area contributed by atoms with Gasteiger partial charge in [-0.3, -0.25) is 4.57 Å². The predicted octanol–water partition coefficient (Wildman–Crippen LogP) is -0.539. The number of benzene rings is 1. The van der Waals surface area contributed by atoms with Gasteiger partial charge in [-0.25, -0.2) is 15.0 Å². The van der Waals surface area contributed by atoms with Crippen molar-refractivity contribution in [3.63, 3.8) is 0 Å². The summed E-state index contributed by atoms with van der Waals surface area (Å²) in [6.45, 7) is -0.122. The van der Waals surface area contributed by atoms with E-state index in [9.17, 15) is 25.5 Å². The summed E-state index contributed by atoms with van der Waals surface area (Å²) in [6.07, 6.45) is -1.60. The number of hydrogen-bond donors (Lipinski definition) is 6. The average Bonchev–Trinajstić information content (AvgIpc) is 3.24. The first-order chi connectivity index (χ1) is 13.5. The predicted molar refractivity (Wildman–Crippen MR) is 95.4 cm³/mol. The maximum absolute atomic E-state index is 10.2. The number of phenols is 2. The number of aliphatic hydroxyl groups is 3. The van der Waals surface area contributed by atoms with Crippen LogP contribution in [0, 0.1) is 0 Å². The Morgan fingerprint density at radius 2 is 1.89 bits per heavy atom. The zero-order valence-electron chi connectivity index (χ0n) is 14.5. The Bertz CT molecular complexity index is 995. The van der Waals surface area contributed by atoms with Gasteiger partial charge in [0.15, 0.2) is 34.7 Å². The molecule has 0 spiro atoms. The topological polar surface area (TPSA) is 166 Å². The van der Waals surface area contributed by atoms with Crippen LogP contribution in [0.5, 0.6) is 11.5 Å². The summed E-state index contributed by atoms with van der Waals surface area (Å²) in [7, 11) is 0. The third-order valence-electron chi connectivity index (χ3n) is 4.65. The van der Waals surface area contributed by atoms with E-state index in [0.717, 1.165) is 0 Å². The molecule has 0 aliphatic carbocycles. The minimum Gasteiger partial charge on any atom is -0.504 e. The first kappa shape index (κ1) is 18.4. The lowest BCUT2D eigenvalue weighted by Crippen LogP contribution is -2.33. The summed E-state index contributed by atoms with van der Waals surface area (Å²) in [5, 5.41) is 51.5. The smallest absolute Gasteiger partial charge is 0.167 e. The second-order valence-electron chi connectivity index (χ2n) is 6.45. The molecular formula is C17H19N5O6. The Morgan fingerprint density at radius 1 is 1.07 bits per heavy atom. The molecule has 11 heteroatoms. The van der Waals surface area contributed by atoms with E-state index in [1.807, 2.05) is 0 Å². The lowest BCUT2D eigenvalue weighted by molar-refractivity contribution is -0.0511. The van der Waals surface area contributed by atoms with Gasteiger partial charge in [0.25, 0.3) is 0 Å². The Morgan fingerprint density at radius 3 is 2.61 bits per heavy atom. The lowest BCUT2D eigenvalue weighted by Gasteiger charge is -2.16. The second kappa shape index (κ2) is 7.20. The van der Waals surface area contributed by atoms with Gasteiger partial charge in [0.05, 0.1) is 12.9 Å². The highest BCUT2D eigenvalue weighted by Crippen LogP contribution is 2.32. The molecule has 0 radical (unpaired) electrons. The third kappa shape index (κ3) is 3.10. The maximum Gasteiger partial charge on any atom is 0.167 e. The van der Waals surface area contributed by atoms with E-state index in [-0.39, 0.29) is 11.5 Å². The Labute approximate surface area is 158 Å². The second-order valence-corrected chi connectivity index (χ2v) is 6.45. The van der Waals surface area contributed by atoms with Crippen molar-refractivity contribution in [2.75, 3.05) is 11.9 Å². The van der Waals surface area contributed by atoms with E-state index < -0.39 is 31.1 Å². The highest BCUT2D eigenvalue weighted by molar-refractivity contribution is 5.82. The van der Waals surface area contributed by atoms with Crippen LogP contribution >= 0.6 is 0 Å². The summed E-state index contributed by atoms with van der Waals surface area (Å²) in [5.41, 5.74) is 1.51. The zero-order valence-corrected chi connectivity index (χ0v) is 14.5. The molecule has 3 heterocycles. The van der Waals surface area contributed by atoms with Gasteiger partial charge in [0.2, 0.25) is 0 Å². The van der Waals surface area contributed by atoms with Crippen molar-refractivity contribution in [3.8, 4) is 11.5 Å². The van der Waals surface area contributed by atoms with E-state index in [1.165, 1.54) is 29.4 Å². The first-order valence-corrected chi connectivity index (χ1v) is 8.54. The molecule has 0 bridgehead atoms. The van der Waals surface area contributed by atoms with Crippen LogP contribution in [0.25, 0.3) is 11.2 Å². The molecule has 0 unspecified atom stereocenters. The summed E-state index contributed by atoms with van der Waals surface area (Å²) < 4.78 is 6.99. The number of aliphatic hydroxyl groups excluding tert-OH is 3. The van der Waals surface area contributed by atoms with Gasteiger partial charge in [-0.1, -0.05) is 6.07 Å². The SMILES string of the molecule is OC[C@H]1O[C@@H](n2cnc3c(NCc4ccc(O)c(O)c4)ncnc32)[C@H](O)[C@@H]1O. The molecule has 0 saturated carbocycles. The number of anilines is 1. The van der Waals surface area contributed by atoms with Crippen LogP contribution in [0.3, 0.4) is 0 Å². The number of aromatic nitrogens is 4. The molecule has 148 valence electrons. The minimum absolute atomic E-state index is 0.203. The van der Waals surface area contributed by atoms with E-state index in [1.54, 1.807) is 6.07 Å². The fraction of sp³-hybridized carbons (Fsp3) is 0.353. The molecule has 1 fully saturated rings. The molecular weight excluding hydrogens is 370 g/mol. The Kier molecular flexibility index (Phi) is 4.73. The fourth-order valence-electron chi connectivity index (χ4n) is 3.14. The Hall–Kier alpha value is -2.99. The molecule has 1 saturated heterocycles. The average molecular weight is 389 g/mol. The van der Waals surface area contributed by atoms with Gasteiger partial charge in [-0.15, -0.1) is 0 Å². The number of nitrogens with one attached hydrogen (secondary N) is 1. The van der Waals surface area contributed by atoms with Crippen LogP contribution in [0.1, 0.15) is 11.8 Å². The molecule has 11 nitrogen and oxygen atoms in total. The summed E-state index contributed by atoms with van der Waals surface area (Å²) in [5.74, 6) is -0.00533. The number of hydrogen-bond acceptors (Lipinski definition) is 10. The number of ether oxygens (including phenoxy) is 1. The van der Waals surface area contributed by atoms with Gasteiger partial charge in [0.1, 0.15) is 24.6 Å². The number of fused-ring (bicyclic) bond motifs is 1. The zero-order chi connectivity index (χ0) is 19.8. The van der Waals surface area contributed by atoms with Gasteiger partial charge in [0, 0.05) is 6.54 Å². The summed E-state index contributed by atoms with van der Waals surface area (Å²) in [4.78, 5) is 12.6. The van der Waals surface area contributed by atoms with Gasteiger partial charge < -0.3 is 35.6 Å². The standard InChI is InChI=1S/C17H19N5O6/c23-5-11-13(26)14(27)17(28-11)22-7-21-12-15(19-6-20-16(12)22)18-4-8-1-2-9(24)10(25)3-8/h1-3,6-7,11,13-14,17,23-27H,4-5H2,(H,18,19,20)/t11-,13-,14-,17-/m1/s1. The van der Waals surface area contributed by atoms with E-state index in [4.69, 9.17) is 4.74 Å². The van der Waals surface area contributed by atoms with Crippen molar-refractivity contribution in [1.29, 1.82) is 0 Å². The highest BCUT2D eigenvalue weighted by Gasteiger charge is 2.44. The van der Waals surface area contributed by atoms with Crippen LogP contribution in [0.2, 0.25) is 0 Å². The number of phenolic OH excluding ortho intramolecular Hbond substituents is 2. The molecule has 28 heavy (non-hydrogen) atoms. The Balaban J connectivity index is 1.59. The number of rotatable bonds is 5. The van der Waals surface area contributed by atoms with Crippen molar-refractivity contribution in [2.24, 2.45) is 0 Å². The van der Waals surface area contributed by atoms with Crippen LogP contribution in [0.15, 0.2) is 30.9 Å². The fourth-order valence-corrected chi connectivity index (χ4v) is 3.14. The van der Waals surface area contributed by atoms with Crippen LogP contribution in [0.4, 0.5) is 5.82 Å². The van der Waals surface area contributed by atoms with E-state index in [0.29, 0.717) is 29.1 Å². The third-order valence-corrected chi connectivity index (χ3v) is 4.65. The van der Waals surface area contributed by atoms with Crippen LogP contribution in [-0.2, 0) is 11.3 Å². The summed E-state index contributed by atoms with van der Waals surface area (Å²) in [6, 6.07) is 4.47. The van der Waals surface area contributed by atoms with E-state index >= 15 is 0 Å². The molecule has 3 aromatic rings. The highest BCUT2D eigenvalue weighted by atomic mass is 16.6. The molecule has 2 aromatic heterocycles. The molecule has 4 atom stereocenters. The number of imidazole rings is 1. The molecule has 0 amide bonds. The molecule has 1 aromatic carbocycles. The van der Waals surface area contributed by atoms with Crippen molar-refractivity contribution in [3.05, 3.63) is 36.4 Å². The quantitative estimate of drug-likeness (QED) is 0.312. The van der Waals surface area contributed by atoms with E-state index in [2.05, 4.69) is 20.3 Å².